The van der Waals surface area contributed by atoms with E-state index < -0.39 is 12.2 Å². The topological polar surface area (TPSA) is 58.6 Å². The minimum atomic E-state index is -0.887. The van der Waals surface area contributed by atoms with Crippen LogP contribution in [0.15, 0.2) is 18.2 Å². The molecule has 106 valence electrons. The van der Waals surface area contributed by atoms with Gasteiger partial charge < -0.3 is 15.2 Å². The van der Waals surface area contributed by atoms with Crippen molar-refractivity contribution in [1.29, 1.82) is 0 Å². The van der Waals surface area contributed by atoms with Crippen LogP contribution in [0.3, 0.4) is 0 Å². The quantitative estimate of drug-likeness (QED) is 0.849. The molecule has 0 fully saturated rings. The van der Waals surface area contributed by atoms with Crippen LogP contribution in [0.1, 0.15) is 25.5 Å². The fourth-order valence-electron chi connectivity index (χ4n) is 1.55. The van der Waals surface area contributed by atoms with Crippen molar-refractivity contribution in [1.82, 2.24) is 5.32 Å². The molecule has 0 bridgehead atoms. The van der Waals surface area contributed by atoms with E-state index in [1.54, 1.807) is 25.1 Å². The van der Waals surface area contributed by atoms with Gasteiger partial charge in [-0.25, -0.2) is 0 Å². The molecule has 1 aromatic carbocycles. The molecule has 0 saturated heterocycles. The van der Waals surface area contributed by atoms with Crippen LogP contribution in [-0.2, 0) is 9.53 Å². The Morgan fingerprint density at radius 2 is 2.16 bits per heavy atom. The van der Waals surface area contributed by atoms with Crippen LogP contribution in [0.5, 0.6) is 0 Å². The highest BCUT2D eigenvalue weighted by Gasteiger charge is 2.16. The third-order valence-corrected chi connectivity index (χ3v) is 3.14. The second-order valence-corrected chi connectivity index (χ2v) is 4.87. The number of hydrogen-bond acceptors (Lipinski definition) is 3. The fourth-order valence-corrected chi connectivity index (χ4v) is 2.08. The first-order valence-electron chi connectivity index (χ1n) is 5.98. The van der Waals surface area contributed by atoms with Crippen LogP contribution in [0.25, 0.3) is 0 Å². The smallest absolute Gasteiger partial charge is 0.248 e. The van der Waals surface area contributed by atoms with Gasteiger partial charge in [-0.3, -0.25) is 4.79 Å². The number of nitrogens with one attached hydrogen (secondary N) is 1. The van der Waals surface area contributed by atoms with Gasteiger partial charge in [0.05, 0.1) is 6.10 Å². The molecular weight excluding hydrogens is 289 g/mol. The van der Waals surface area contributed by atoms with E-state index in [1.807, 2.05) is 6.92 Å². The number of benzene rings is 1. The van der Waals surface area contributed by atoms with E-state index >= 15 is 0 Å². The summed E-state index contributed by atoms with van der Waals surface area (Å²) in [5.74, 6) is -0.272. The number of carbonyl (C=O) groups is 1. The molecule has 2 unspecified atom stereocenters. The molecule has 0 aliphatic carbocycles. The molecule has 1 amide bonds. The molecule has 0 aliphatic rings. The van der Waals surface area contributed by atoms with Gasteiger partial charge in [-0.05, 0) is 26.0 Å². The first kappa shape index (κ1) is 16.2. The van der Waals surface area contributed by atoms with Gasteiger partial charge in [0.25, 0.3) is 0 Å². The van der Waals surface area contributed by atoms with E-state index in [0.29, 0.717) is 22.2 Å². The highest BCUT2D eigenvalue weighted by Crippen LogP contribution is 2.25. The minimum Gasteiger partial charge on any atom is -0.387 e. The van der Waals surface area contributed by atoms with Crippen molar-refractivity contribution in [3.05, 3.63) is 33.8 Å². The molecule has 2 N–H and O–H groups in total. The van der Waals surface area contributed by atoms with Gasteiger partial charge in [0.15, 0.2) is 0 Å². The molecule has 0 heterocycles. The fraction of sp³-hybridized carbons (Fsp3) is 0.462. The van der Waals surface area contributed by atoms with Gasteiger partial charge in [-0.15, -0.1) is 0 Å². The Morgan fingerprint density at radius 3 is 2.74 bits per heavy atom. The summed E-state index contributed by atoms with van der Waals surface area (Å²) in [7, 11) is 0. The summed E-state index contributed by atoms with van der Waals surface area (Å²) in [5, 5.41) is 13.4. The van der Waals surface area contributed by atoms with Gasteiger partial charge in [-0.1, -0.05) is 29.3 Å². The maximum absolute atomic E-state index is 11.6. The molecule has 0 spiro atoms. The summed E-state index contributed by atoms with van der Waals surface area (Å²) >= 11 is 11.7. The maximum Gasteiger partial charge on any atom is 0.248 e. The zero-order chi connectivity index (χ0) is 14.4. The number of hydrogen-bond donors (Lipinski definition) is 2. The third-order valence-electron chi connectivity index (χ3n) is 2.58. The zero-order valence-electron chi connectivity index (χ0n) is 10.8. The number of rotatable bonds is 6. The van der Waals surface area contributed by atoms with Crippen LogP contribution in [0.4, 0.5) is 0 Å². The molecule has 0 aliphatic heterocycles. The lowest BCUT2D eigenvalue weighted by Crippen LogP contribution is -2.37. The van der Waals surface area contributed by atoms with Gasteiger partial charge in [0.1, 0.15) is 6.10 Å². The summed E-state index contributed by atoms with van der Waals surface area (Å²) in [6, 6.07) is 4.82. The lowest BCUT2D eigenvalue weighted by molar-refractivity contribution is -0.131. The Balaban J connectivity index is 2.55. The number of amides is 1. The van der Waals surface area contributed by atoms with E-state index in [0.717, 1.165) is 0 Å². The van der Waals surface area contributed by atoms with Crippen LogP contribution in [0.2, 0.25) is 10.0 Å². The average molecular weight is 306 g/mol. The summed E-state index contributed by atoms with van der Waals surface area (Å²) in [6.45, 7) is 3.99. The largest absolute Gasteiger partial charge is 0.387 e. The number of carbonyl (C=O) groups excluding carboxylic acids is 1. The van der Waals surface area contributed by atoms with E-state index in [4.69, 9.17) is 27.9 Å². The lowest BCUT2D eigenvalue weighted by atomic mass is 10.1. The average Bonchev–Trinajstić information content (AvgIpc) is 2.35. The predicted molar refractivity (Wildman–Crippen MR) is 75.5 cm³/mol. The highest BCUT2D eigenvalue weighted by molar-refractivity contribution is 6.35. The van der Waals surface area contributed by atoms with E-state index in [-0.39, 0.29) is 12.5 Å². The minimum absolute atomic E-state index is 0.0671. The van der Waals surface area contributed by atoms with Crippen LogP contribution >= 0.6 is 23.2 Å². The normalized spacial score (nSPS) is 13.9. The first-order chi connectivity index (χ1) is 8.95. The van der Waals surface area contributed by atoms with Gasteiger partial charge in [0, 0.05) is 28.8 Å². The Labute approximate surface area is 122 Å². The third kappa shape index (κ3) is 4.99. The molecule has 4 nitrogen and oxygen atoms in total. The SMILES string of the molecule is CCOC(C)C(=O)NCC(O)c1ccc(Cl)cc1Cl. The van der Waals surface area contributed by atoms with Crippen LogP contribution < -0.4 is 5.32 Å². The molecule has 0 aromatic heterocycles. The Bertz CT molecular complexity index is 440. The van der Waals surface area contributed by atoms with Crippen LogP contribution in [-0.4, -0.2) is 30.3 Å². The van der Waals surface area contributed by atoms with Crippen molar-refractivity contribution in [2.45, 2.75) is 26.1 Å². The molecule has 1 rings (SSSR count). The van der Waals surface area contributed by atoms with Crippen molar-refractivity contribution in [3.63, 3.8) is 0 Å². The van der Waals surface area contributed by atoms with Crippen LogP contribution in [0, 0.1) is 0 Å². The number of aliphatic hydroxyl groups excluding tert-OH is 1. The summed E-state index contributed by atoms with van der Waals surface area (Å²) < 4.78 is 5.14. The van der Waals surface area contributed by atoms with Crippen molar-refractivity contribution in [2.75, 3.05) is 13.2 Å². The van der Waals surface area contributed by atoms with Crippen molar-refractivity contribution in [2.24, 2.45) is 0 Å². The number of halogens is 2. The molecule has 19 heavy (non-hydrogen) atoms. The number of ether oxygens (including phenoxy) is 1. The molecule has 2 atom stereocenters. The zero-order valence-corrected chi connectivity index (χ0v) is 12.3. The lowest BCUT2D eigenvalue weighted by Gasteiger charge is -2.16. The second kappa shape index (κ2) is 7.70. The van der Waals surface area contributed by atoms with Gasteiger partial charge in [0.2, 0.25) is 5.91 Å². The second-order valence-electron chi connectivity index (χ2n) is 4.02. The summed E-state index contributed by atoms with van der Waals surface area (Å²) in [5.41, 5.74) is 0.524. The molecule has 1 aromatic rings. The van der Waals surface area contributed by atoms with Crippen molar-refractivity contribution < 1.29 is 14.6 Å². The standard InChI is InChI=1S/C13H17Cl2NO3/c1-3-19-8(2)13(18)16-7-12(17)10-5-4-9(14)6-11(10)15/h4-6,8,12,17H,3,7H2,1-2H3,(H,16,18). The van der Waals surface area contributed by atoms with Gasteiger partial charge in [-0.2, -0.15) is 0 Å². The van der Waals surface area contributed by atoms with Gasteiger partial charge >= 0.3 is 0 Å². The van der Waals surface area contributed by atoms with E-state index in [9.17, 15) is 9.90 Å². The van der Waals surface area contributed by atoms with Crippen molar-refractivity contribution in [3.8, 4) is 0 Å². The highest BCUT2D eigenvalue weighted by atomic mass is 35.5. The summed E-state index contributed by atoms with van der Waals surface area (Å²) in [4.78, 5) is 11.6. The maximum atomic E-state index is 11.6. The van der Waals surface area contributed by atoms with E-state index in [1.165, 1.54) is 0 Å². The summed E-state index contributed by atoms with van der Waals surface area (Å²) in [6.07, 6.45) is -1.43. The Kier molecular flexibility index (Phi) is 6.58. The van der Waals surface area contributed by atoms with E-state index in [2.05, 4.69) is 5.32 Å². The Morgan fingerprint density at radius 1 is 1.47 bits per heavy atom. The molecule has 6 heteroatoms. The molecular formula is C13H17Cl2NO3. The number of aliphatic hydroxyl groups is 1. The monoisotopic (exact) mass is 305 g/mol. The Hall–Kier alpha value is -0.810. The predicted octanol–water partition coefficient (Wildman–Crippen LogP) is 2.57. The first-order valence-corrected chi connectivity index (χ1v) is 6.73. The van der Waals surface area contributed by atoms with Crippen molar-refractivity contribution >= 4 is 29.1 Å². The molecule has 0 saturated carbocycles. The molecule has 0 radical (unpaired) electrons.